The van der Waals surface area contributed by atoms with E-state index < -0.39 is 6.10 Å². The maximum atomic E-state index is 9.59. The molecule has 1 atom stereocenters. The molecule has 0 radical (unpaired) electrons. The molecule has 0 bridgehead atoms. The van der Waals surface area contributed by atoms with Gasteiger partial charge in [-0.15, -0.1) is 0 Å². The third-order valence-corrected chi connectivity index (χ3v) is 4.79. The van der Waals surface area contributed by atoms with Gasteiger partial charge in [0, 0.05) is 17.8 Å². The van der Waals surface area contributed by atoms with Gasteiger partial charge in [0.05, 0.1) is 6.61 Å². The molecule has 9 heteroatoms. The van der Waals surface area contributed by atoms with Gasteiger partial charge in [-0.25, -0.2) is 9.97 Å². The zero-order chi connectivity index (χ0) is 23.3. The minimum atomic E-state index is -0.921. The van der Waals surface area contributed by atoms with Gasteiger partial charge in [-0.1, -0.05) is 25.9 Å². The average molecular weight is 442 g/mol. The first kappa shape index (κ1) is 23.6. The fourth-order valence-electron chi connectivity index (χ4n) is 3.17. The molecule has 0 unspecified atom stereocenters. The molecule has 0 aliphatic heterocycles. The predicted octanol–water partition coefficient (Wildman–Crippen LogP) is 3.17. The van der Waals surface area contributed by atoms with E-state index in [2.05, 4.69) is 39.3 Å². The van der Waals surface area contributed by atoms with Crippen LogP contribution in [0.5, 0.6) is 5.75 Å². The molecule has 1 aromatic carbocycles. The highest BCUT2D eigenvalue weighted by Crippen LogP contribution is 2.31. The van der Waals surface area contributed by atoms with Crippen LogP contribution in [0.1, 0.15) is 37.6 Å². The Morgan fingerprint density at radius 1 is 1.12 bits per heavy atom. The minimum absolute atomic E-state index is 0.0241. The third-order valence-electron chi connectivity index (χ3n) is 4.79. The maximum absolute atomic E-state index is 9.59. The second-order valence-electron chi connectivity index (χ2n) is 8.20. The van der Waals surface area contributed by atoms with E-state index in [1.54, 1.807) is 0 Å². The van der Waals surface area contributed by atoms with Crippen LogP contribution in [0.25, 0.3) is 23.0 Å². The summed E-state index contributed by atoms with van der Waals surface area (Å²) in [6.45, 7) is 10.5. The average Bonchev–Trinajstić information content (AvgIpc) is 3.26. The topological polar surface area (TPSA) is 126 Å². The van der Waals surface area contributed by atoms with E-state index in [1.807, 2.05) is 39.0 Å². The number of rotatable bonds is 10. The molecule has 0 saturated heterocycles. The van der Waals surface area contributed by atoms with Crippen molar-refractivity contribution in [3.05, 3.63) is 35.0 Å². The molecule has 32 heavy (non-hydrogen) atoms. The zero-order valence-corrected chi connectivity index (χ0v) is 19.2. The van der Waals surface area contributed by atoms with Crippen molar-refractivity contribution < 1.29 is 19.5 Å². The quantitative estimate of drug-likeness (QED) is 0.435. The van der Waals surface area contributed by atoms with Gasteiger partial charge in [0.15, 0.2) is 0 Å². The molecule has 9 nitrogen and oxygen atoms in total. The van der Waals surface area contributed by atoms with Crippen LogP contribution in [0.4, 0.5) is 5.95 Å². The SMILES string of the molecule is CCc1cc(-c2noc(-c3cc(C)nc(NCC(C)C)n3)n2)cc(C)c1OC[C@@H](O)CO. The summed E-state index contributed by atoms with van der Waals surface area (Å²) < 4.78 is 11.3. The van der Waals surface area contributed by atoms with E-state index in [4.69, 9.17) is 14.4 Å². The Morgan fingerprint density at radius 3 is 2.59 bits per heavy atom. The standard InChI is InChI=1S/C23H31N5O4/c1-6-16-9-17(7-14(4)20(16)31-12-18(30)11-29)21-27-22(32-28-21)19-8-15(5)25-23(26-19)24-10-13(2)3/h7-9,13,18,29-30H,6,10-12H2,1-5H3,(H,24,25,26)/t18-/m0/s1. The van der Waals surface area contributed by atoms with Gasteiger partial charge in [0.2, 0.25) is 11.8 Å². The number of aliphatic hydroxyl groups excluding tert-OH is 2. The Balaban J connectivity index is 1.87. The van der Waals surface area contributed by atoms with Gasteiger partial charge in [-0.3, -0.25) is 0 Å². The van der Waals surface area contributed by atoms with E-state index >= 15 is 0 Å². The van der Waals surface area contributed by atoms with Crippen molar-refractivity contribution in [1.82, 2.24) is 20.1 Å². The highest BCUT2D eigenvalue weighted by Gasteiger charge is 2.17. The van der Waals surface area contributed by atoms with Crippen molar-refractivity contribution in [3.8, 4) is 28.7 Å². The van der Waals surface area contributed by atoms with Crippen LogP contribution in [-0.2, 0) is 6.42 Å². The molecular weight excluding hydrogens is 410 g/mol. The third kappa shape index (κ3) is 5.80. The molecule has 0 saturated carbocycles. The Bertz CT molecular complexity index is 1050. The van der Waals surface area contributed by atoms with Crippen molar-refractivity contribution in [2.75, 3.05) is 25.1 Å². The summed E-state index contributed by atoms with van der Waals surface area (Å²) in [5.74, 6) is 2.46. The number of aliphatic hydroxyl groups is 2. The Hall–Kier alpha value is -3.04. The molecule has 3 rings (SSSR count). The Kier molecular flexibility index (Phi) is 7.76. The second kappa shape index (κ2) is 10.5. The van der Waals surface area contributed by atoms with Crippen molar-refractivity contribution in [2.45, 2.75) is 47.1 Å². The van der Waals surface area contributed by atoms with E-state index in [0.29, 0.717) is 35.0 Å². The molecule has 2 aromatic heterocycles. The Labute approximate surface area is 187 Å². The number of benzene rings is 1. The summed E-state index contributed by atoms with van der Waals surface area (Å²) in [5.41, 5.74) is 4.00. The zero-order valence-electron chi connectivity index (χ0n) is 19.2. The molecule has 0 fully saturated rings. The van der Waals surface area contributed by atoms with Crippen molar-refractivity contribution in [2.24, 2.45) is 5.92 Å². The van der Waals surface area contributed by atoms with E-state index in [0.717, 1.165) is 35.3 Å². The smallest absolute Gasteiger partial charge is 0.277 e. The lowest BCUT2D eigenvalue weighted by molar-refractivity contribution is 0.0531. The molecule has 3 N–H and O–H groups in total. The summed E-state index contributed by atoms with van der Waals surface area (Å²) in [6.07, 6.45) is -0.199. The van der Waals surface area contributed by atoms with Crippen LogP contribution in [0, 0.1) is 19.8 Å². The van der Waals surface area contributed by atoms with Crippen LogP contribution < -0.4 is 10.1 Å². The van der Waals surface area contributed by atoms with Gasteiger partial charge >= 0.3 is 0 Å². The lowest BCUT2D eigenvalue weighted by Crippen LogP contribution is -2.22. The molecule has 0 amide bonds. The Morgan fingerprint density at radius 2 is 1.91 bits per heavy atom. The first-order valence-electron chi connectivity index (χ1n) is 10.8. The molecule has 172 valence electrons. The highest BCUT2D eigenvalue weighted by molar-refractivity contribution is 5.63. The first-order valence-corrected chi connectivity index (χ1v) is 10.8. The lowest BCUT2D eigenvalue weighted by atomic mass is 10.0. The van der Waals surface area contributed by atoms with E-state index in [1.165, 1.54) is 0 Å². The van der Waals surface area contributed by atoms with Crippen LogP contribution >= 0.6 is 0 Å². The van der Waals surface area contributed by atoms with Crippen LogP contribution in [0.2, 0.25) is 0 Å². The number of anilines is 1. The van der Waals surface area contributed by atoms with E-state index in [9.17, 15) is 5.11 Å². The van der Waals surface area contributed by atoms with Crippen LogP contribution in [-0.4, -0.2) is 56.2 Å². The van der Waals surface area contributed by atoms with Crippen molar-refractivity contribution >= 4 is 5.95 Å². The van der Waals surface area contributed by atoms with Crippen LogP contribution in [0.15, 0.2) is 22.7 Å². The number of aromatic nitrogens is 4. The number of nitrogens with one attached hydrogen (secondary N) is 1. The van der Waals surface area contributed by atoms with Gasteiger partial charge in [0.1, 0.15) is 24.2 Å². The summed E-state index contributed by atoms with van der Waals surface area (Å²) in [6, 6.07) is 5.67. The minimum Gasteiger partial charge on any atom is -0.490 e. The highest BCUT2D eigenvalue weighted by atomic mass is 16.5. The van der Waals surface area contributed by atoms with Gasteiger partial charge < -0.3 is 24.8 Å². The summed E-state index contributed by atoms with van der Waals surface area (Å²) in [7, 11) is 0. The molecule has 0 aliphatic carbocycles. The number of ether oxygens (including phenoxy) is 1. The van der Waals surface area contributed by atoms with Crippen molar-refractivity contribution in [1.29, 1.82) is 0 Å². The fraction of sp³-hybridized carbons (Fsp3) is 0.478. The first-order chi connectivity index (χ1) is 15.3. The second-order valence-corrected chi connectivity index (χ2v) is 8.20. The molecule has 0 spiro atoms. The predicted molar refractivity (Wildman–Crippen MR) is 122 cm³/mol. The molecule has 2 heterocycles. The molecular formula is C23H31N5O4. The largest absolute Gasteiger partial charge is 0.490 e. The van der Waals surface area contributed by atoms with Gasteiger partial charge in [-0.05, 0) is 55.5 Å². The summed E-state index contributed by atoms with van der Waals surface area (Å²) in [5, 5.41) is 26.0. The van der Waals surface area contributed by atoms with E-state index in [-0.39, 0.29) is 13.2 Å². The fourth-order valence-corrected chi connectivity index (χ4v) is 3.17. The number of aryl methyl sites for hydroxylation is 3. The van der Waals surface area contributed by atoms with Crippen molar-refractivity contribution in [3.63, 3.8) is 0 Å². The normalized spacial score (nSPS) is 12.2. The summed E-state index contributed by atoms with van der Waals surface area (Å²) >= 11 is 0. The van der Waals surface area contributed by atoms with Gasteiger partial charge in [-0.2, -0.15) is 4.98 Å². The molecule has 0 aliphatic rings. The van der Waals surface area contributed by atoms with Crippen LogP contribution in [0.3, 0.4) is 0 Å². The van der Waals surface area contributed by atoms with Gasteiger partial charge in [0.25, 0.3) is 5.89 Å². The number of hydrogen-bond donors (Lipinski definition) is 3. The maximum Gasteiger partial charge on any atom is 0.277 e. The lowest BCUT2D eigenvalue weighted by Gasteiger charge is -2.16. The summed E-state index contributed by atoms with van der Waals surface area (Å²) in [4.78, 5) is 13.5. The number of nitrogens with zero attached hydrogens (tertiary/aromatic N) is 4. The molecule has 3 aromatic rings. The number of hydrogen-bond acceptors (Lipinski definition) is 9. The monoisotopic (exact) mass is 441 g/mol.